The van der Waals surface area contributed by atoms with Gasteiger partial charge in [0, 0.05) is 6.42 Å². The molecular formula is C6H10O2. The molecule has 2 heteroatoms. The number of hydrogen-bond donors (Lipinski definition) is 0. The van der Waals surface area contributed by atoms with E-state index in [-0.39, 0.29) is 5.48 Å². The van der Waals surface area contributed by atoms with Crippen molar-refractivity contribution in [2.24, 2.45) is 0 Å². The third-order valence-electron chi connectivity index (χ3n) is 1.26. The van der Waals surface area contributed by atoms with E-state index in [2.05, 4.69) is 0 Å². The second kappa shape index (κ2) is 2.62. The molecule has 46 valence electrons. The number of Topliss-reactive ketones (excluding diaryl/α,β-unsaturated/α-hetero) is 1. The Morgan fingerprint density at radius 2 is 2.25 bits per heavy atom. The maximum Gasteiger partial charge on any atom is 0.158 e. The first-order valence-corrected chi connectivity index (χ1v) is 2.50. The molecule has 0 saturated carbocycles. The summed E-state index contributed by atoms with van der Waals surface area (Å²) in [4.78, 5) is 10.5. The molecule has 1 aliphatic rings. The molecule has 0 fully saturated rings. The summed E-state index contributed by atoms with van der Waals surface area (Å²) in [6, 6.07) is 0. The molecule has 0 atom stereocenters. The first kappa shape index (κ1) is 7.37. The number of rotatable bonds is 0. The standard InChI is InChI=1S/C6H8O.H2O/c1-5-3-2-4-6(5)7;/h3H,2,4H2,1H3;1H2. The molecule has 1 aliphatic carbocycles. The monoisotopic (exact) mass is 114 g/mol. The van der Waals surface area contributed by atoms with Gasteiger partial charge in [-0.15, -0.1) is 0 Å². The fourth-order valence-electron chi connectivity index (χ4n) is 0.731. The van der Waals surface area contributed by atoms with E-state index in [1.807, 2.05) is 13.0 Å². The van der Waals surface area contributed by atoms with Gasteiger partial charge in [0.2, 0.25) is 0 Å². The molecule has 1 rings (SSSR count). The van der Waals surface area contributed by atoms with Crippen molar-refractivity contribution in [2.45, 2.75) is 19.8 Å². The van der Waals surface area contributed by atoms with Crippen LogP contribution in [0.2, 0.25) is 0 Å². The Balaban J connectivity index is 0.000000490. The summed E-state index contributed by atoms with van der Waals surface area (Å²) >= 11 is 0. The van der Waals surface area contributed by atoms with Gasteiger partial charge in [0.15, 0.2) is 5.78 Å². The molecule has 0 aromatic carbocycles. The zero-order valence-corrected chi connectivity index (χ0v) is 4.90. The molecule has 0 aromatic heterocycles. The van der Waals surface area contributed by atoms with E-state index in [0.29, 0.717) is 5.78 Å². The molecule has 0 heterocycles. The first-order chi connectivity index (χ1) is 3.30. The van der Waals surface area contributed by atoms with Crippen LogP contribution < -0.4 is 0 Å². The van der Waals surface area contributed by atoms with Gasteiger partial charge < -0.3 is 5.48 Å². The van der Waals surface area contributed by atoms with Crippen LogP contribution in [0.5, 0.6) is 0 Å². The lowest BCUT2D eigenvalue weighted by atomic mass is 10.2. The van der Waals surface area contributed by atoms with E-state index in [1.165, 1.54) is 0 Å². The van der Waals surface area contributed by atoms with Crippen molar-refractivity contribution in [3.05, 3.63) is 11.6 Å². The first-order valence-electron chi connectivity index (χ1n) is 2.50. The lowest BCUT2D eigenvalue weighted by Crippen LogP contribution is -1.88. The summed E-state index contributed by atoms with van der Waals surface area (Å²) in [5, 5.41) is 0. The Hall–Kier alpha value is -0.630. The van der Waals surface area contributed by atoms with Crippen LogP contribution in [-0.2, 0) is 4.79 Å². The molecule has 0 unspecified atom stereocenters. The summed E-state index contributed by atoms with van der Waals surface area (Å²) in [5.41, 5.74) is 0.944. The Kier molecular flexibility index (Phi) is 2.42. The minimum absolute atomic E-state index is 0. The average molecular weight is 114 g/mol. The summed E-state index contributed by atoms with van der Waals surface area (Å²) in [6.45, 7) is 1.87. The van der Waals surface area contributed by atoms with E-state index in [1.54, 1.807) is 0 Å². The summed E-state index contributed by atoms with van der Waals surface area (Å²) in [5.74, 6) is 0.319. The fraction of sp³-hybridized carbons (Fsp3) is 0.500. The maximum atomic E-state index is 10.5. The predicted octanol–water partition coefficient (Wildman–Crippen LogP) is 0.471. The highest BCUT2D eigenvalue weighted by Crippen LogP contribution is 2.11. The van der Waals surface area contributed by atoms with E-state index in [9.17, 15) is 4.79 Å². The van der Waals surface area contributed by atoms with Crippen molar-refractivity contribution in [1.29, 1.82) is 0 Å². The van der Waals surface area contributed by atoms with Crippen molar-refractivity contribution in [1.82, 2.24) is 0 Å². The zero-order valence-electron chi connectivity index (χ0n) is 4.90. The third-order valence-corrected chi connectivity index (χ3v) is 1.26. The Labute approximate surface area is 48.5 Å². The van der Waals surface area contributed by atoms with E-state index in [4.69, 9.17) is 0 Å². The van der Waals surface area contributed by atoms with Crippen molar-refractivity contribution in [3.8, 4) is 0 Å². The predicted molar refractivity (Wildman–Crippen MR) is 31.6 cm³/mol. The quantitative estimate of drug-likeness (QED) is 0.451. The molecule has 0 amide bonds. The van der Waals surface area contributed by atoms with Gasteiger partial charge in [-0.3, -0.25) is 4.79 Å². The Morgan fingerprint density at radius 1 is 1.62 bits per heavy atom. The van der Waals surface area contributed by atoms with Crippen LogP contribution in [0.4, 0.5) is 0 Å². The van der Waals surface area contributed by atoms with Gasteiger partial charge in [0.05, 0.1) is 0 Å². The van der Waals surface area contributed by atoms with Crippen LogP contribution in [0, 0.1) is 0 Å². The average Bonchev–Trinajstić information content (AvgIpc) is 1.91. The minimum atomic E-state index is 0. The van der Waals surface area contributed by atoms with Gasteiger partial charge in [-0.2, -0.15) is 0 Å². The zero-order chi connectivity index (χ0) is 5.28. The van der Waals surface area contributed by atoms with Gasteiger partial charge in [-0.1, -0.05) is 6.08 Å². The SMILES string of the molecule is CC1=CCCC1=O.O. The second-order valence-corrected chi connectivity index (χ2v) is 1.85. The molecule has 2 nitrogen and oxygen atoms in total. The van der Waals surface area contributed by atoms with Gasteiger partial charge in [0.1, 0.15) is 0 Å². The molecule has 0 radical (unpaired) electrons. The number of carbonyl (C=O) groups excluding carboxylic acids is 1. The highest BCUT2D eigenvalue weighted by atomic mass is 16.1. The topological polar surface area (TPSA) is 48.6 Å². The Bertz CT molecular complexity index is 124. The van der Waals surface area contributed by atoms with Gasteiger partial charge in [-0.25, -0.2) is 0 Å². The normalized spacial score (nSPS) is 17.6. The molecule has 0 bridgehead atoms. The molecule has 0 aromatic rings. The van der Waals surface area contributed by atoms with Crippen LogP contribution in [0.3, 0.4) is 0 Å². The summed E-state index contributed by atoms with van der Waals surface area (Å²) in [6.07, 6.45) is 3.69. The number of ketones is 1. The van der Waals surface area contributed by atoms with Crippen LogP contribution in [0.1, 0.15) is 19.8 Å². The van der Waals surface area contributed by atoms with Crippen LogP contribution in [0.15, 0.2) is 11.6 Å². The fourth-order valence-corrected chi connectivity index (χ4v) is 0.731. The molecule has 2 N–H and O–H groups in total. The van der Waals surface area contributed by atoms with E-state index < -0.39 is 0 Å². The van der Waals surface area contributed by atoms with Crippen molar-refractivity contribution in [3.63, 3.8) is 0 Å². The lowest BCUT2D eigenvalue weighted by molar-refractivity contribution is -0.114. The highest BCUT2D eigenvalue weighted by Gasteiger charge is 2.08. The van der Waals surface area contributed by atoms with Gasteiger partial charge in [0.25, 0.3) is 0 Å². The van der Waals surface area contributed by atoms with Gasteiger partial charge in [-0.05, 0) is 18.9 Å². The van der Waals surface area contributed by atoms with Crippen LogP contribution >= 0.6 is 0 Å². The Morgan fingerprint density at radius 3 is 2.38 bits per heavy atom. The molecule has 0 aliphatic heterocycles. The third kappa shape index (κ3) is 1.17. The van der Waals surface area contributed by atoms with Crippen molar-refractivity contribution < 1.29 is 10.3 Å². The van der Waals surface area contributed by atoms with Crippen molar-refractivity contribution in [2.75, 3.05) is 0 Å². The second-order valence-electron chi connectivity index (χ2n) is 1.85. The largest absolute Gasteiger partial charge is 0.412 e. The number of allylic oxidation sites excluding steroid dienone is 2. The lowest BCUT2D eigenvalue weighted by Gasteiger charge is -1.81. The minimum Gasteiger partial charge on any atom is -0.412 e. The molecular weight excluding hydrogens is 104 g/mol. The molecule has 0 spiro atoms. The summed E-state index contributed by atoms with van der Waals surface area (Å²) in [7, 11) is 0. The molecule has 8 heavy (non-hydrogen) atoms. The number of carbonyl (C=O) groups is 1. The van der Waals surface area contributed by atoms with Crippen LogP contribution in [0.25, 0.3) is 0 Å². The number of hydrogen-bond acceptors (Lipinski definition) is 1. The molecule has 0 saturated heterocycles. The van der Waals surface area contributed by atoms with Gasteiger partial charge >= 0.3 is 0 Å². The smallest absolute Gasteiger partial charge is 0.158 e. The highest BCUT2D eigenvalue weighted by molar-refractivity contribution is 5.96. The van der Waals surface area contributed by atoms with E-state index >= 15 is 0 Å². The van der Waals surface area contributed by atoms with Crippen LogP contribution in [-0.4, -0.2) is 11.3 Å². The van der Waals surface area contributed by atoms with Crippen molar-refractivity contribution >= 4 is 5.78 Å². The van der Waals surface area contributed by atoms with E-state index in [0.717, 1.165) is 18.4 Å². The summed E-state index contributed by atoms with van der Waals surface area (Å²) < 4.78 is 0. The maximum absolute atomic E-state index is 10.5.